The van der Waals surface area contributed by atoms with Gasteiger partial charge >= 0.3 is 6.09 Å². The van der Waals surface area contributed by atoms with Crippen molar-refractivity contribution in [2.24, 2.45) is 0 Å². The summed E-state index contributed by atoms with van der Waals surface area (Å²) in [5, 5.41) is 6.29. The minimum Gasteiger partial charge on any atom is -0.444 e. The van der Waals surface area contributed by atoms with Gasteiger partial charge in [0.1, 0.15) is 5.60 Å². The van der Waals surface area contributed by atoms with Crippen molar-refractivity contribution in [1.82, 2.24) is 35.3 Å². The van der Waals surface area contributed by atoms with Crippen molar-refractivity contribution in [3.05, 3.63) is 60.2 Å². The van der Waals surface area contributed by atoms with Crippen LogP contribution in [-0.4, -0.2) is 139 Å². The molecular formula is C37H59N7O4. The van der Waals surface area contributed by atoms with Crippen LogP contribution >= 0.6 is 0 Å². The van der Waals surface area contributed by atoms with Crippen molar-refractivity contribution in [3.63, 3.8) is 0 Å². The van der Waals surface area contributed by atoms with Gasteiger partial charge in [0.25, 0.3) is 0 Å². The van der Waals surface area contributed by atoms with Crippen molar-refractivity contribution in [1.29, 1.82) is 0 Å². The number of pyridine rings is 2. The Kier molecular flexibility index (Phi) is 14.4. The second-order valence-corrected chi connectivity index (χ2v) is 14.8. The van der Waals surface area contributed by atoms with Gasteiger partial charge in [0.05, 0.1) is 24.4 Å². The van der Waals surface area contributed by atoms with E-state index in [0.717, 1.165) is 71.9 Å². The number of amides is 1. The highest BCUT2D eigenvalue weighted by Gasteiger charge is 2.34. The van der Waals surface area contributed by atoms with E-state index in [4.69, 9.17) is 14.2 Å². The molecule has 11 nitrogen and oxygen atoms in total. The SMILES string of the molecule is CC(C)(C)OC(=O)NCCN1CC2CN(CCCCc3ccncc3)CC(C1)O2.c1cc(CCCCN2CC3CNCC(C2)O3)ccn1. The van der Waals surface area contributed by atoms with E-state index in [0.29, 0.717) is 18.8 Å². The lowest BCUT2D eigenvalue weighted by Gasteiger charge is -2.46. The number of nitrogens with zero attached hydrogens (tertiary/aromatic N) is 5. The summed E-state index contributed by atoms with van der Waals surface area (Å²) < 4.78 is 17.4. The van der Waals surface area contributed by atoms with Gasteiger partial charge in [-0.3, -0.25) is 24.7 Å². The molecule has 4 saturated heterocycles. The predicted octanol–water partition coefficient (Wildman–Crippen LogP) is 3.39. The molecule has 2 aromatic rings. The van der Waals surface area contributed by atoms with Gasteiger partial charge in [-0.25, -0.2) is 4.79 Å². The monoisotopic (exact) mass is 665 g/mol. The van der Waals surface area contributed by atoms with Gasteiger partial charge in [0, 0.05) is 90.2 Å². The highest BCUT2D eigenvalue weighted by atomic mass is 16.6. The smallest absolute Gasteiger partial charge is 0.407 e. The van der Waals surface area contributed by atoms with E-state index in [1.807, 2.05) is 45.6 Å². The number of alkyl carbamates (subject to hydrolysis) is 1. The lowest BCUT2D eigenvalue weighted by Crippen LogP contribution is -2.60. The number of nitrogens with one attached hydrogen (secondary N) is 2. The van der Waals surface area contributed by atoms with Gasteiger partial charge in [-0.1, -0.05) is 0 Å². The molecule has 2 aromatic heterocycles. The van der Waals surface area contributed by atoms with E-state index in [9.17, 15) is 4.79 Å². The minimum absolute atomic E-state index is 0.268. The molecule has 1 amide bonds. The van der Waals surface area contributed by atoms with Gasteiger partial charge < -0.3 is 24.8 Å². The number of ether oxygens (including phenoxy) is 3. The second kappa shape index (κ2) is 18.9. The third-order valence-corrected chi connectivity index (χ3v) is 9.26. The zero-order valence-electron chi connectivity index (χ0n) is 29.5. The average Bonchev–Trinajstić information content (AvgIpc) is 3.05. The van der Waals surface area contributed by atoms with Gasteiger partial charge in [-0.05, 0) is 108 Å². The maximum atomic E-state index is 11.8. The van der Waals surface area contributed by atoms with E-state index in [-0.39, 0.29) is 18.3 Å². The third-order valence-electron chi connectivity index (χ3n) is 9.26. The van der Waals surface area contributed by atoms with Crippen molar-refractivity contribution >= 4 is 6.09 Å². The first-order valence-electron chi connectivity index (χ1n) is 18.2. The lowest BCUT2D eigenvalue weighted by atomic mass is 10.1. The first-order valence-corrected chi connectivity index (χ1v) is 18.2. The summed E-state index contributed by atoms with van der Waals surface area (Å²) in [5.41, 5.74) is 2.31. The normalized spacial score (nSPS) is 24.7. The summed E-state index contributed by atoms with van der Waals surface area (Å²) in [6, 6.07) is 8.44. The fourth-order valence-corrected chi connectivity index (χ4v) is 7.11. The molecule has 4 atom stereocenters. The first-order chi connectivity index (χ1) is 23.3. The zero-order chi connectivity index (χ0) is 33.6. The van der Waals surface area contributed by atoms with E-state index in [1.165, 1.54) is 49.8 Å². The van der Waals surface area contributed by atoms with Crippen molar-refractivity contribution in [3.8, 4) is 0 Å². The molecule has 6 heterocycles. The predicted molar refractivity (Wildman–Crippen MR) is 188 cm³/mol. The molecule has 4 aliphatic heterocycles. The Hall–Kier alpha value is -2.67. The van der Waals surface area contributed by atoms with Crippen LogP contribution in [0.1, 0.15) is 57.6 Å². The number of rotatable bonds is 13. The number of hydrogen-bond donors (Lipinski definition) is 2. The van der Waals surface area contributed by atoms with Crippen LogP contribution in [0.2, 0.25) is 0 Å². The quantitative estimate of drug-likeness (QED) is 0.310. The number of fused-ring (bicyclic) bond motifs is 4. The lowest BCUT2D eigenvalue weighted by molar-refractivity contribution is -0.138. The molecule has 4 unspecified atom stereocenters. The molecule has 48 heavy (non-hydrogen) atoms. The van der Waals surface area contributed by atoms with Crippen LogP contribution in [0.4, 0.5) is 4.79 Å². The van der Waals surface area contributed by atoms with Crippen LogP contribution in [0.3, 0.4) is 0 Å². The molecule has 0 aliphatic carbocycles. The van der Waals surface area contributed by atoms with E-state index in [1.54, 1.807) is 0 Å². The molecule has 11 heteroatoms. The highest BCUT2D eigenvalue weighted by Crippen LogP contribution is 2.20. The van der Waals surface area contributed by atoms with Gasteiger partial charge in [0.2, 0.25) is 0 Å². The van der Waals surface area contributed by atoms with Crippen LogP contribution in [0.15, 0.2) is 49.1 Å². The Morgan fingerprint density at radius 1 is 0.729 bits per heavy atom. The summed E-state index contributed by atoms with van der Waals surface area (Å²) in [5.74, 6) is 0. The number of unbranched alkanes of at least 4 members (excludes halogenated alkanes) is 2. The van der Waals surface area contributed by atoms with E-state index >= 15 is 0 Å². The maximum Gasteiger partial charge on any atom is 0.407 e. The molecule has 6 rings (SSSR count). The Bertz CT molecular complexity index is 1180. The summed E-state index contributed by atoms with van der Waals surface area (Å²) in [4.78, 5) is 27.4. The fraction of sp³-hybridized carbons (Fsp3) is 0.703. The molecule has 4 aliphatic rings. The van der Waals surface area contributed by atoms with E-state index < -0.39 is 5.60 Å². The number of aryl methyl sites for hydroxylation is 2. The van der Waals surface area contributed by atoms with Crippen molar-refractivity contribution < 1.29 is 19.0 Å². The van der Waals surface area contributed by atoms with Crippen molar-refractivity contribution in [2.45, 2.75) is 89.3 Å². The van der Waals surface area contributed by atoms with Gasteiger partial charge in [0.15, 0.2) is 0 Å². The molecule has 0 saturated carbocycles. The number of aromatic nitrogens is 2. The van der Waals surface area contributed by atoms with Crippen LogP contribution in [0.25, 0.3) is 0 Å². The topological polar surface area (TPSA) is 104 Å². The largest absolute Gasteiger partial charge is 0.444 e. The molecule has 0 radical (unpaired) electrons. The fourth-order valence-electron chi connectivity index (χ4n) is 7.11. The third kappa shape index (κ3) is 13.3. The standard InChI is InChI=1S/C22H36N4O3.C15H23N3O/c1-22(2,3)29-21(27)24-11-13-26-16-19-14-25(15-20(17-26)28-19)12-5-4-6-18-7-9-23-10-8-18;1(3-13-4-6-16-7-5-13)2-8-18-11-14-9-17-10-15(12-18)19-14/h7-10,19-20H,4-6,11-17H2,1-3H3,(H,24,27);4-7,14-15,17H,1-3,8-12H2. The second-order valence-electron chi connectivity index (χ2n) is 14.8. The first kappa shape index (κ1) is 36.6. The Morgan fingerprint density at radius 3 is 1.65 bits per heavy atom. The van der Waals surface area contributed by atoms with E-state index in [2.05, 4.69) is 59.6 Å². The number of carbonyl (C=O) groups is 1. The van der Waals surface area contributed by atoms with Crippen molar-refractivity contribution in [2.75, 3.05) is 78.5 Å². The summed E-state index contributed by atoms with van der Waals surface area (Å²) in [6.45, 7) is 17.5. The molecule has 2 N–H and O–H groups in total. The van der Waals surface area contributed by atoms with Crippen LogP contribution in [0.5, 0.6) is 0 Å². The highest BCUT2D eigenvalue weighted by molar-refractivity contribution is 5.67. The maximum absolute atomic E-state index is 11.8. The van der Waals surface area contributed by atoms with Crippen LogP contribution in [0, 0.1) is 0 Å². The average molecular weight is 666 g/mol. The molecule has 4 fully saturated rings. The number of hydrogen-bond acceptors (Lipinski definition) is 10. The minimum atomic E-state index is -0.457. The Morgan fingerprint density at radius 2 is 1.17 bits per heavy atom. The number of morpholine rings is 4. The zero-order valence-corrected chi connectivity index (χ0v) is 29.5. The Balaban J connectivity index is 0.000000204. The van der Waals surface area contributed by atoms with Gasteiger partial charge in [-0.15, -0.1) is 0 Å². The van der Waals surface area contributed by atoms with Crippen LogP contribution in [-0.2, 0) is 27.1 Å². The van der Waals surface area contributed by atoms with Gasteiger partial charge in [-0.2, -0.15) is 0 Å². The summed E-state index contributed by atoms with van der Waals surface area (Å²) in [6.07, 6.45) is 15.8. The Labute approximate surface area is 288 Å². The molecule has 0 spiro atoms. The summed E-state index contributed by atoms with van der Waals surface area (Å²) in [7, 11) is 0. The number of carbonyl (C=O) groups excluding carboxylic acids is 1. The molecule has 266 valence electrons. The molecular weight excluding hydrogens is 606 g/mol. The molecule has 0 aromatic carbocycles. The molecule has 4 bridgehead atoms. The summed E-state index contributed by atoms with van der Waals surface area (Å²) >= 11 is 0. The van der Waals surface area contributed by atoms with Crippen LogP contribution < -0.4 is 10.6 Å².